The number of hydrogen-bond donors (Lipinski definition) is 3. The van der Waals surface area contributed by atoms with Crippen molar-refractivity contribution in [3.05, 3.63) is 53.6 Å². The van der Waals surface area contributed by atoms with Crippen molar-refractivity contribution in [2.24, 2.45) is 0 Å². The molecule has 0 spiro atoms. The maximum atomic E-state index is 13.2. The van der Waals surface area contributed by atoms with Gasteiger partial charge in [-0.3, -0.25) is 4.79 Å². The van der Waals surface area contributed by atoms with Gasteiger partial charge in [-0.15, -0.1) is 0 Å². The molecule has 0 saturated carbocycles. The average Bonchev–Trinajstić information content (AvgIpc) is 2.66. The molecular formula is C20H23F2N3O2. The molecule has 0 aliphatic carbocycles. The van der Waals surface area contributed by atoms with Crippen LogP contribution < -0.4 is 20.7 Å². The number of anilines is 2. The van der Waals surface area contributed by atoms with E-state index in [-0.39, 0.29) is 18.6 Å². The summed E-state index contributed by atoms with van der Waals surface area (Å²) in [6.45, 7) is 3.76. The Bertz CT molecular complexity index is 808. The molecule has 5 nitrogen and oxygen atoms in total. The zero-order chi connectivity index (χ0) is 19.2. The van der Waals surface area contributed by atoms with E-state index in [1.807, 2.05) is 19.1 Å². The van der Waals surface area contributed by atoms with Crippen LogP contribution in [0.25, 0.3) is 0 Å². The highest BCUT2D eigenvalue weighted by Crippen LogP contribution is 2.24. The number of carbonyl (C=O) groups is 1. The summed E-state index contributed by atoms with van der Waals surface area (Å²) in [6.07, 6.45) is 2.17. The van der Waals surface area contributed by atoms with Gasteiger partial charge in [-0.2, -0.15) is 0 Å². The van der Waals surface area contributed by atoms with Crippen LogP contribution in [0.3, 0.4) is 0 Å². The number of rotatable bonds is 6. The van der Waals surface area contributed by atoms with Crippen LogP contribution in [-0.4, -0.2) is 31.6 Å². The van der Waals surface area contributed by atoms with Gasteiger partial charge >= 0.3 is 0 Å². The largest absolute Gasteiger partial charge is 0.490 e. The lowest BCUT2D eigenvalue weighted by atomic mass is 10.1. The first-order valence-electron chi connectivity index (χ1n) is 8.98. The second kappa shape index (κ2) is 8.81. The second-order valence-electron chi connectivity index (χ2n) is 6.57. The van der Waals surface area contributed by atoms with Gasteiger partial charge in [0.1, 0.15) is 11.9 Å². The number of hydrogen-bond acceptors (Lipinski definition) is 4. The molecule has 1 heterocycles. The van der Waals surface area contributed by atoms with Crippen molar-refractivity contribution in [2.45, 2.75) is 25.9 Å². The summed E-state index contributed by atoms with van der Waals surface area (Å²) in [5.41, 5.74) is 1.92. The van der Waals surface area contributed by atoms with Crippen LogP contribution in [-0.2, 0) is 4.79 Å². The van der Waals surface area contributed by atoms with Crippen LogP contribution in [0.5, 0.6) is 5.75 Å². The van der Waals surface area contributed by atoms with Crippen LogP contribution >= 0.6 is 0 Å². The van der Waals surface area contributed by atoms with Crippen molar-refractivity contribution in [1.82, 2.24) is 5.32 Å². The molecule has 1 aliphatic heterocycles. The maximum Gasteiger partial charge on any atom is 0.243 e. The van der Waals surface area contributed by atoms with Crippen LogP contribution in [0.15, 0.2) is 36.4 Å². The van der Waals surface area contributed by atoms with E-state index in [4.69, 9.17) is 4.74 Å². The Morgan fingerprint density at radius 2 is 1.93 bits per heavy atom. The zero-order valence-electron chi connectivity index (χ0n) is 15.1. The molecular weight excluding hydrogens is 352 g/mol. The fourth-order valence-electron chi connectivity index (χ4n) is 2.94. The molecule has 0 atom stereocenters. The van der Waals surface area contributed by atoms with Crippen molar-refractivity contribution in [2.75, 3.05) is 30.3 Å². The highest BCUT2D eigenvalue weighted by atomic mass is 19.2. The van der Waals surface area contributed by atoms with Gasteiger partial charge in [0.25, 0.3) is 0 Å². The van der Waals surface area contributed by atoms with E-state index >= 15 is 0 Å². The lowest BCUT2D eigenvalue weighted by Gasteiger charge is -2.24. The van der Waals surface area contributed by atoms with Gasteiger partial charge in [0.05, 0.1) is 6.54 Å². The summed E-state index contributed by atoms with van der Waals surface area (Å²) in [4.78, 5) is 12.1. The minimum Gasteiger partial charge on any atom is -0.490 e. The summed E-state index contributed by atoms with van der Waals surface area (Å²) in [6, 6.07) is 8.96. The molecule has 2 aromatic rings. The topological polar surface area (TPSA) is 62.4 Å². The predicted molar refractivity (Wildman–Crippen MR) is 101 cm³/mol. The summed E-state index contributed by atoms with van der Waals surface area (Å²) in [5.74, 6) is -1.37. The van der Waals surface area contributed by atoms with Gasteiger partial charge in [-0.25, -0.2) is 8.78 Å². The molecule has 1 fully saturated rings. The molecule has 0 aromatic heterocycles. The summed E-state index contributed by atoms with van der Waals surface area (Å²) in [5, 5.41) is 8.87. The number of amides is 1. The smallest absolute Gasteiger partial charge is 0.243 e. The van der Waals surface area contributed by atoms with Crippen LogP contribution in [0.4, 0.5) is 20.2 Å². The van der Waals surface area contributed by atoms with Gasteiger partial charge < -0.3 is 20.7 Å². The standard InChI is InChI=1S/C20H23F2N3O2/c1-13-10-16(27-15-6-8-23-9-7-15)3-5-19(13)25-20(26)12-24-14-2-4-17(21)18(22)11-14/h2-5,10-11,15,23-24H,6-9,12H2,1H3,(H,25,26). The number of halogens is 2. The molecule has 144 valence electrons. The monoisotopic (exact) mass is 375 g/mol. The third kappa shape index (κ3) is 5.40. The van der Waals surface area contributed by atoms with Crippen molar-refractivity contribution < 1.29 is 18.3 Å². The predicted octanol–water partition coefficient (Wildman–Crippen LogP) is 3.45. The molecule has 2 aromatic carbocycles. The van der Waals surface area contributed by atoms with E-state index in [1.165, 1.54) is 6.07 Å². The van der Waals surface area contributed by atoms with Gasteiger partial charge in [-0.05, 0) is 68.8 Å². The lowest BCUT2D eigenvalue weighted by Crippen LogP contribution is -2.34. The molecule has 27 heavy (non-hydrogen) atoms. The van der Waals surface area contributed by atoms with Gasteiger partial charge in [0.2, 0.25) is 5.91 Å². The van der Waals surface area contributed by atoms with E-state index < -0.39 is 11.6 Å². The van der Waals surface area contributed by atoms with Crippen LogP contribution in [0, 0.1) is 18.6 Å². The van der Waals surface area contributed by atoms with E-state index in [1.54, 1.807) is 6.07 Å². The fraction of sp³-hybridized carbons (Fsp3) is 0.350. The van der Waals surface area contributed by atoms with E-state index in [0.717, 1.165) is 49.4 Å². The minimum atomic E-state index is -0.958. The van der Waals surface area contributed by atoms with Crippen molar-refractivity contribution >= 4 is 17.3 Å². The number of benzene rings is 2. The summed E-state index contributed by atoms with van der Waals surface area (Å²) < 4.78 is 32.1. The first kappa shape index (κ1) is 19.1. The molecule has 1 saturated heterocycles. The lowest BCUT2D eigenvalue weighted by molar-refractivity contribution is -0.114. The Balaban J connectivity index is 1.53. The van der Waals surface area contributed by atoms with Gasteiger partial charge in [0, 0.05) is 17.4 Å². The molecule has 1 aliphatic rings. The molecule has 0 unspecified atom stereocenters. The summed E-state index contributed by atoms with van der Waals surface area (Å²) >= 11 is 0. The van der Waals surface area contributed by atoms with Crippen molar-refractivity contribution in [1.29, 1.82) is 0 Å². The van der Waals surface area contributed by atoms with Gasteiger partial charge in [-0.1, -0.05) is 0 Å². The molecule has 1 amide bonds. The normalized spacial score (nSPS) is 14.6. The average molecular weight is 375 g/mol. The van der Waals surface area contributed by atoms with Crippen LogP contribution in [0.2, 0.25) is 0 Å². The number of nitrogens with one attached hydrogen (secondary N) is 3. The number of aryl methyl sites for hydroxylation is 1. The molecule has 3 rings (SSSR count). The fourth-order valence-corrected chi connectivity index (χ4v) is 2.94. The maximum absolute atomic E-state index is 13.2. The quantitative estimate of drug-likeness (QED) is 0.724. The Morgan fingerprint density at radius 1 is 1.15 bits per heavy atom. The van der Waals surface area contributed by atoms with Gasteiger partial charge in [0.15, 0.2) is 11.6 Å². The zero-order valence-corrected chi connectivity index (χ0v) is 15.1. The first-order valence-corrected chi connectivity index (χ1v) is 8.98. The molecule has 7 heteroatoms. The Hall–Kier alpha value is -2.67. The van der Waals surface area contributed by atoms with Crippen molar-refractivity contribution in [3.8, 4) is 5.75 Å². The number of carbonyl (C=O) groups excluding carboxylic acids is 1. The Kier molecular flexibility index (Phi) is 6.24. The van der Waals surface area contributed by atoms with Crippen molar-refractivity contribution in [3.63, 3.8) is 0 Å². The molecule has 0 radical (unpaired) electrons. The first-order chi connectivity index (χ1) is 13.0. The summed E-state index contributed by atoms with van der Waals surface area (Å²) in [7, 11) is 0. The highest BCUT2D eigenvalue weighted by Gasteiger charge is 2.15. The second-order valence-corrected chi connectivity index (χ2v) is 6.57. The Labute approximate surface area is 157 Å². The number of ether oxygens (including phenoxy) is 1. The van der Waals surface area contributed by atoms with E-state index in [9.17, 15) is 13.6 Å². The minimum absolute atomic E-state index is 0.0577. The van der Waals surface area contributed by atoms with E-state index in [2.05, 4.69) is 16.0 Å². The number of piperidine rings is 1. The van der Waals surface area contributed by atoms with E-state index in [0.29, 0.717) is 11.4 Å². The SMILES string of the molecule is Cc1cc(OC2CCNCC2)ccc1NC(=O)CNc1ccc(F)c(F)c1. The third-order valence-corrected chi connectivity index (χ3v) is 4.43. The molecule has 3 N–H and O–H groups in total. The Morgan fingerprint density at radius 3 is 2.63 bits per heavy atom. The third-order valence-electron chi connectivity index (χ3n) is 4.43. The molecule has 0 bridgehead atoms. The van der Waals surface area contributed by atoms with Crippen LogP contribution in [0.1, 0.15) is 18.4 Å². The highest BCUT2D eigenvalue weighted by molar-refractivity contribution is 5.94.